The predicted molar refractivity (Wildman–Crippen MR) is 144 cm³/mol. The Hall–Kier alpha value is -4.21. The van der Waals surface area contributed by atoms with Gasteiger partial charge in [0.25, 0.3) is 0 Å². The number of aliphatic carboxylic acids is 1. The van der Waals surface area contributed by atoms with Crippen LogP contribution in [-0.4, -0.2) is 59.1 Å². The molecule has 0 spiro atoms. The highest BCUT2D eigenvalue weighted by atomic mass is 16.5. The van der Waals surface area contributed by atoms with Crippen molar-refractivity contribution in [3.05, 3.63) is 95.6 Å². The van der Waals surface area contributed by atoms with Gasteiger partial charge in [-0.05, 0) is 41.7 Å². The maximum Gasteiger partial charge on any atom is 0.407 e. The van der Waals surface area contributed by atoms with Gasteiger partial charge in [0.2, 0.25) is 5.91 Å². The lowest BCUT2D eigenvalue weighted by atomic mass is 9.98. The topological polar surface area (TPSA) is 134 Å². The zero-order chi connectivity index (χ0) is 28.0. The summed E-state index contributed by atoms with van der Waals surface area (Å²) in [6, 6.07) is 24.0. The highest BCUT2D eigenvalue weighted by Crippen LogP contribution is 2.44. The van der Waals surface area contributed by atoms with Crippen molar-refractivity contribution < 1.29 is 34.1 Å². The Balaban J connectivity index is 1.43. The molecule has 204 valence electrons. The van der Waals surface area contributed by atoms with Crippen molar-refractivity contribution in [3.8, 4) is 11.1 Å². The molecule has 1 aliphatic carbocycles. The fourth-order valence-electron chi connectivity index (χ4n) is 4.51. The summed E-state index contributed by atoms with van der Waals surface area (Å²) in [6.45, 7) is 2.37. The molecule has 3 atom stereocenters. The molecule has 0 aromatic heterocycles. The summed E-state index contributed by atoms with van der Waals surface area (Å²) in [5.41, 5.74) is 2.98. The third-order valence-electron chi connectivity index (χ3n) is 6.79. The van der Waals surface area contributed by atoms with E-state index in [1.165, 1.54) is 0 Å². The number of hydrogen-bond acceptors (Lipinski definition) is 6. The average Bonchev–Trinajstić information content (AvgIpc) is 3.26. The lowest BCUT2D eigenvalue weighted by Gasteiger charge is -2.26. The summed E-state index contributed by atoms with van der Waals surface area (Å²) in [6.07, 6.45) is -1.63. The van der Waals surface area contributed by atoms with E-state index in [4.69, 9.17) is 14.6 Å². The van der Waals surface area contributed by atoms with Crippen LogP contribution in [0.15, 0.2) is 78.9 Å². The van der Waals surface area contributed by atoms with Gasteiger partial charge in [-0.15, -0.1) is 0 Å². The Morgan fingerprint density at radius 1 is 0.923 bits per heavy atom. The fourth-order valence-corrected chi connectivity index (χ4v) is 4.51. The average molecular weight is 533 g/mol. The first-order valence-corrected chi connectivity index (χ1v) is 12.7. The van der Waals surface area contributed by atoms with Crippen LogP contribution in [0.2, 0.25) is 0 Å². The van der Waals surface area contributed by atoms with Gasteiger partial charge < -0.3 is 30.3 Å². The van der Waals surface area contributed by atoms with E-state index in [9.17, 15) is 19.5 Å². The van der Waals surface area contributed by atoms with Crippen LogP contribution < -0.4 is 10.6 Å². The minimum Gasteiger partial charge on any atom is -0.479 e. The van der Waals surface area contributed by atoms with Crippen LogP contribution in [0.5, 0.6) is 0 Å². The van der Waals surface area contributed by atoms with Crippen LogP contribution in [0, 0.1) is 0 Å². The molecule has 9 nitrogen and oxygen atoms in total. The summed E-state index contributed by atoms with van der Waals surface area (Å²) >= 11 is 0. The van der Waals surface area contributed by atoms with Gasteiger partial charge in [0, 0.05) is 5.92 Å². The maximum absolute atomic E-state index is 13.0. The molecule has 1 aliphatic rings. The molecule has 0 fully saturated rings. The zero-order valence-electron chi connectivity index (χ0n) is 21.8. The molecule has 3 aromatic rings. The first kappa shape index (κ1) is 27.8. The Morgan fingerprint density at radius 2 is 1.49 bits per heavy atom. The molecule has 0 heterocycles. The minimum atomic E-state index is -2.18. The van der Waals surface area contributed by atoms with Crippen LogP contribution in [0.4, 0.5) is 4.79 Å². The van der Waals surface area contributed by atoms with Gasteiger partial charge in [-0.3, -0.25) is 4.79 Å². The lowest BCUT2D eigenvalue weighted by Crippen LogP contribution is -2.56. The summed E-state index contributed by atoms with van der Waals surface area (Å²) in [5, 5.41) is 24.1. The van der Waals surface area contributed by atoms with Gasteiger partial charge in [0.15, 0.2) is 5.60 Å². The zero-order valence-corrected chi connectivity index (χ0v) is 21.8. The van der Waals surface area contributed by atoms with E-state index in [0.717, 1.165) is 34.7 Å². The predicted octanol–water partition coefficient (Wildman–Crippen LogP) is 3.45. The van der Waals surface area contributed by atoms with Gasteiger partial charge in [0.1, 0.15) is 12.6 Å². The number of ether oxygens (including phenoxy) is 2. The molecule has 9 heteroatoms. The number of carboxylic acids is 1. The highest BCUT2D eigenvalue weighted by molar-refractivity contribution is 5.87. The van der Waals surface area contributed by atoms with E-state index in [2.05, 4.69) is 10.6 Å². The Labute approximate surface area is 226 Å². The van der Waals surface area contributed by atoms with Gasteiger partial charge in [-0.2, -0.15) is 0 Å². The van der Waals surface area contributed by atoms with Crippen molar-refractivity contribution in [1.82, 2.24) is 10.6 Å². The van der Waals surface area contributed by atoms with Crippen LogP contribution in [0.25, 0.3) is 11.1 Å². The van der Waals surface area contributed by atoms with Crippen molar-refractivity contribution in [2.45, 2.75) is 44.1 Å². The summed E-state index contributed by atoms with van der Waals surface area (Å²) in [5.74, 6) is -2.37. The molecule has 1 unspecified atom stereocenters. The van der Waals surface area contributed by atoms with E-state index in [-0.39, 0.29) is 19.1 Å². The number of carboxylic acid groups (broad SMARTS) is 1. The number of benzene rings is 3. The molecule has 0 aliphatic heterocycles. The number of carbonyl (C=O) groups excluding carboxylic acids is 2. The Kier molecular flexibility index (Phi) is 8.63. The molecule has 0 radical (unpaired) electrons. The number of nitrogens with one attached hydrogen (secondary N) is 2. The highest BCUT2D eigenvalue weighted by Gasteiger charge is 2.35. The largest absolute Gasteiger partial charge is 0.479 e. The number of hydrogen-bond donors (Lipinski definition) is 4. The second-order valence-corrected chi connectivity index (χ2v) is 9.75. The number of aliphatic hydroxyl groups is 1. The number of alkyl carbamates (subject to hydrolysis) is 1. The number of fused-ring (bicyclic) bond motifs is 3. The van der Waals surface area contributed by atoms with E-state index in [1.54, 1.807) is 6.92 Å². The summed E-state index contributed by atoms with van der Waals surface area (Å²) in [7, 11) is 0. The van der Waals surface area contributed by atoms with Crippen LogP contribution in [-0.2, 0) is 25.7 Å². The SMILES string of the molecule is C[C@H](OCc1ccccc1)[C@@H](NC(=O)OCC1c2ccccc2-c2ccccc21)C(=O)NCC(C)(O)C(=O)O. The van der Waals surface area contributed by atoms with E-state index in [1.807, 2.05) is 78.9 Å². The van der Waals surface area contributed by atoms with E-state index in [0.29, 0.717) is 0 Å². The van der Waals surface area contributed by atoms with Crippen LogP contribution in [0.3, 0.4) is 0 Å². The Morgan fingerprint density at radius 3 is 2.08 bits per heavy atom. The summed E-state index contributed by atoms with van der Waals surface area (Å²) in [4.78, 5) is 37.2. The normalized spacial score (nSPS) is 15.3. The smallest absolute Gasteiger partial charge is 0.407 e. The minimum absolute atomic E-state index is 0.0567. The molecule has 0 bridgehead atoms. The molecule has 39 heavy (non-hydrogen) atoms. The molecule has 0 saturated carbocycles. The first-order valence-electron chi connectivity index (χ1n) is 12.7. The second-order valence-electron chi connectivity index (χ2n) is 9.75. The van der Waals surface area contributed by atoms with Gasteiger partial charge >= 0.3 is 12.1 Å². The van der Waals surface area contributed by atoms with Gasteiger partial charge in [0.05, 0.1) is 19.3 Å². The Bertz CT molecular complexity index is 1280. The van der Waals surface area contributed by atoms with Gasteiger partial charge in [-0.25, -0.2) is 9.59 Å². The van der Waals surface area contributed by atoms with Crippen molar-refractivity contribution in [2.24, 2.45) is 0 Å². The molecular formula is C30H32N2O7. The van der Waals surface area contributed by atoms with E-state index < -0.39 is 42.3 Å². The summed E-state index contributed by atoms with van der Waals surface area (Å²) < 4.78 is 11.4. The third-order valence-corrected chi connectivity index (χ3v) is 6.79. The second kappa shape index (κ2) is 12.1. The van der Waals surface area contributed by atoms with Crippen molar-refractivity contribution in [3.63, 3.8) is 0 Å². The van der Waals surface area contributed by atoms with Gasteiger partial charge in [-0.1, -0.05) is 78.9 Å². The number of rotatable bonds is 11. The molecular weight excluding hydrogens is 500 g/mol. The quantitative estimate of drug-likeness (QED) is 0.297. The fraction of sp³-hybridized carbons (Fsp3) is 0.300. The number of carbonyl (C=O) groups is 3. The molecule has 3 aromatic carbocycles. The first-order chi connectivity index (χ1) is 18.7. The van der Waals surface area contributed by atoms with E-state index >= 15 is 0 Å². The monoisotopic (exact) mass is 532 g/mol. The molecule has 4 rings (SSSR count). The maximum atomic E-state index is 13.0. The third kappa shape index (κ3) is 6.63. The van der Waals surface area contributed by atoms with Crippen LogP contribution >= 0.6 is 0 Å². The molecule has 0 saturated heterocycles. The van der Waals surface area contributed by atoms with Crippen LogP contribution in [0.1, 0.15) is 36.5 Å². The molecule has 2 amide bonds. The lowest BCUT2D eigenvalue weighted by molar-refractivity contribution is -0.156. The standard InChI is InChI=1S/C30H32N2O7/c1-19(38-16-20-10-4-3-5-11-20)26(27(33)31-18-30(2,37)28(34)35)32-29(36)39-17-25-23-14-8-6-12-21(23)22-13-7-9-15-24(22)25/h3-15,19,25-26,37H,16-18H2,1-2H3,(H,31,33)(H,32,36)(H,34,35)/t19-,26+,30?/m0/s1. The van der Waals surface area contributed by atoms with Crippen molar-refractivity contribution in [1.29, 1.82) is 0 Å². The van der Waals surface area contributed by atoms with Crippen molar-refractivity contribution in [2.75, 3.05) is 13.2 Å². The molecule has 4 N–H and O–H groups in total. The number of amides is 2. The van der Waals surface area contributed by atoms with Crippen molar-refractivity contribution >= 4 is 18.0 Å².